The molecule has 1 heterocycles. The van der Waals surface area contributed by atoms with Crippen molar-refractivity contribution in [3.8, 4) is 0 Å². The van der Waals surface area contributed by atoms with E-state index >= 15 is 0 Å². The average Bonchev–Trinajstić information content (AvgIpc) is 3.18. The number of amides is 1. The molecule has 0 radical (unpaired) electrons. The van der Waals surface area contributed by atoms with Gasteiger partial charge in [-0.05, 0) is 91.9 Å². The molecule has 1 N–H and O–H groups in total. The Morgan fingerprint density at radius 2 is 1.83 bits per heavy atom. The van der Waals surface area contributed by atoms with Crippen LogP contribution in [0.1, 0.15) is 83.6 Å². The van der Waals surface area contributed by atoms with E-state index in [1.807, 2.05) is 18.2 Å². The second kappa shape index (κ2) is 9.51. The van der Waals surface area contributed by atoms with Crippen molar-refractivity contribution in [1.29, 1.82) is 0 Å². The summed E-state index contributed by atoms with van der Waals surface area (Å²) in [5.41, 5.74) is 2.55. The van der Waals surface area contributed by atoms with Crippen LogP contribution >= 0.6 is 0 Å². The monoisotopic (exact) mass is 478 g/mol. The predicted molar refractivity (Wildman–Crippen MR) is 132 cm³/mol. The normalized spacial score (nSPS) is 35.8. The highest BCUT2D eigenvalue weighted by Gasteiger charge is 2.59. The van der Waals surface area contributed by atoms with E-state index in [1.165, 1.54) is 5.57 Å². The van der Waals surface area contributed by atoms with Crippen molar-refractivity contribution in [2.24, 2.45) is 28.6 Å². The van der Waals surface area contributed by atoms with Gasteiger partial charge in [0.25, 0.3) is 0 Å². The Hall–Kier alpha value is -2.50. The van der Waals surface area contributed by atoms with E-state index in [4.69, 9.17) is 4.74 Å². The summed E-state index contributed by atoms with van der Waals surface area (Å²) in [4.78, 5) is 40.9. The van der Waals surface area contributed by atoms with Gasteiger partial charge in [-0.15, -0.1) is 0 Å². The van der Waals surface area contributed by atoms with Crippen molar-refractivity contribution in [2.45, 2.75) is 90.7 Å². The van der Waals surface area contributed by atoms with Gasteiger partial charge in [-0.3, -0.25) is 19.4 Å². The van der Waals surface area contributed by atoms with Gasteiger partial charge in [-0.25, -0.2) is 0 Å². The van der Waals surface area contributed by atoms with E-state index in [2.05, 4.69) is 24.1 Å². The third-order valence-electron chi connectivity index (χ3n) is 9.94. The molecule has 1 amide bonds. The smallest absolute Gasteiger partial charge is 0.306 e. The van der Waals surface area contributed by atoms with E-state index in [1.54, 1.807) is 12.4 Å². The van der Waals surface area contributed by atoms with E-state index in [0.717, 1.165) is 50.5 Å². The van der Waals surface area contributed by atoms with Gasteiger partial charge in [0.05, 0.1) is 6.42 Å². The fraction of sp³-hybridized carbons (Fsp3) is 0.655. The summed E-state index contributed by atoms with van der Waals surface area (Å²) in [6, 6.07) is 3.72. The number of allylic oxidation sites excluding steroid dienone is 1. The zero-order valence-corrected chi connectivity index (χ0v) is 21.1. The molecular weight excluding hydrogens is 440 g/mol. The lowest BCUT2D eigenvalue weighted by Gasteiger charge is -2.57. The third kappa shape index (κ3) is 4.56. The van der Waals surface area contributed by atoms with Crippen molar-refractivity contribution in [2.75, 3.05) is 0 Å². The summed E-state index contributed by atoms with van der Waals surface area (Å²) >= 11 is 0. The van der Waals surface area contributed by atoms with Gasteiger partial charge in [-0.1, -0.05) is 19.4 Å². The number of hydrogen-bond donors (Lipinski definition) is 1. The minimum Gasteiger partial charge on any atom is -0.462 e. The molecule has 6 atom stereocenters. The second-order valence-corrected chi connectivity index (χ2v) is 11.7. The highest BCUT2D eigenvalue weighted by molar-refractivity contribution is 5.91. The number of nitrogens with zero attached hydrogens (tertiary/aromatic N) is 1. The summed E-state index contributed by atoms with van der Waals surface area (Å²) in [5, 5.41) is 2.86. The van der Waals surface area contributed by atoms with Crippen LogP contribution in [0.4, 0.5) is 0 Å². The maximum Gasteiger partial charge on any atom is 0.306 e. The summed E-state index contributed by atoms with van der Waals surface area (Å²) in [6.45, 7) is 5.17. The van der Waals surface area contributed by atoms with E-state index in [-0.39, 0.29) is 41.7 Å². The number of ether oxygens (including phenoxy) is 1. The molecule has 3 fully saturated rings. The topological polar surface area (TPSA) is 85.4 Å². The maximum atomic E-state index is 12.7. The van der Waals surface area contributed by atoms with Gasteiger partial charge in [0.2, 0.25) is 5.91 Å². The standard InChI is InChI=1S/C29H38N2O4/c1-28-13-9-21(32)17-20(28)3-4-22-23-5-6-25(29(23,2)14-10-24(22)28)35-27(34)8-7-26(33)31-18-19-11-15-30-16-12-19/h11-12,15-17,22-25H,3-10,13-14,18H2,1-2H3,(H,31,33)/t22-,23-,24-,25+,28-,29-/m0/s1. The maximum absolute atomic E-state index is 12.7. The highest BCUT2D eigenvalue weighted by atomic mass is 16.5. The molecule has 3 saturated carbocycles. The lowest BCUT2D eigenvalue weighted by molar-refractivity contribution is -0.160. The summed E-state index contributed by atoms with van der Waals surface area (Å²) in [5.74, 6) is 1.75. The molecule has 1 aromatic rings. The SMILES string of the molecule is C[C@]12CC[C@H]3[C@@H](CCC4=CC(=O)CC[C@@]43C)[C@@H]1CC[C@H]2OC(=O)CCC(=O)NCc1ccncc1. The molecule has 4 aliphatic rings. The minimum absolute atomic E-state index is 0.0164. The number of fused-ring (bicyclic) bond motifs is 5. The van der Waals surface area contributed by atoms with Gasteiger partial charge in [0.15, 0.2) is 5.78 Å². The number of carbonyl (C=O) groups is 3. The number of carbonyl (C=O) groups excluding carboxylic acids is 3. The molecule has 1 aromatic heterocycles. The van der Waals surface area contributed by atoms with Crippen LogP contribution in [-0.4, -0.2) is 28.7 Å². The first-order valence-electron chi connectivity index (χ1n) is 13.4. The quantitative estimate of drug-likeness (QED) is 0.587. The van der Waals surface area contributed by atoms with Gasteiger partial charge < -0.3 is 10.1 Å². The molecule has 6 nitrogen and oxygen atoms in total. The molecule has 0 saturated heterocycles. The van der Waals surface area contributed by atoms with Crippen molar-refractivity contribution in [1.82, 2.24) is 10.3 Å². The van der Waals surface area contributed by atoms with Crippen LogP contribution in [0, 0.1) is 28.6 Å². The van der Waals surface area contributed by atoms with Crippen molar-refractivity contribution >= 4 is 17.7 Å². The molecule has 35 heavy (non-hydrogen) atoms. The number of hydrogen-bond acceptors (Lipinski definition) is 5. The lowest BCUT2D eigenvalue weighted by atomic mass is 9.47. The summed E-state index contributed by atoms with van der Waals surface area (Å²) < 4.78 is 6.04. The summed E-state index contributed by atoms with van der Waals surface area (Å²) in [6.07, 6.45) is 13.7. The number of nitrogens with one attached hydrogen (secondary N) is 1. The first-order chi connectivity index (χ1) is 16.8. The van der Waals surface area contributed by atoms with Crippen LogP contribution in [0.3, 0.4) is 0 Å². The van der Waals surface area contributed by atoms with Crippen LogP contribution in [0.5, 0.6) is 0 Å². The lowest BCUT2D eigenvalue weighted by Crippen LogP contribution is -2.51. The van der Waals surface area contributed by atoms with Crippen molar-refractivity contribution < 1.29 is 19.1 Å². The van der Waals surface area contributed by atoms with Crippen LogP contribution in [0.15, 0.2) is 36.2 Å². The van der Waals surface area contributed by atoms with Gasteiger partial charge in [0, 0.05) is 37.2 Å². The number of aromatic nitrogens is 1. The van der Waals surface area contributed by atoms with Crippen LogP contribution in [0.25, 0.3) is 0 Å². The zero-order chi connectivity index (χ0) is 24.6. The first kappa shape index (κ1) is 24.2. The largest absolute Gasteiger partial charge is 0.462 e. The number of rotatable bonds is 6. The molecule has 0 unspecified atom stereocenters. The first-order valence-corrected chi connectivity index (χ1v) is 13.4. The van der Waals surface area contributed by atoms with Gasteiger partial charge in [0.1, 0.15) is 6.10 Å². The molecular formula is C29H38N2O4. The predicted octanol–water partition coefficient (Wildman–Crippen LogP) is 4.92. The third-order valence-corrected chi connectivity index (χ3v) is 9.94. The zero-order valence-electron chi connectivity index (χ0n) is 21.1. The minimum atomic E-state index is -0.260. The molecule has 4 aliphatic carbocycles. The van der Waals surface area contributed by atoms with Gasteiger partial charge >= 0.3 is 5.97 Å². The fourth-order valence-electron chi connectivity index (χ4n) is 7.93. The van der Waals surface area contributed by atoms with Crippen molar-refractivity contribution in [3.05, 3.63) is 41.7 Å². The molecule has 6 heteroatoms. The second-order valence-electron chi connectivity index (χ2n) is 11.7. The summed E-state index contributed by atoms with van der Waals surface area (Å²) in [7, 11) is 0. The average molecular weight is 479 g/mol. The Morgan fingerprint density at radius 3 is 2.63 bits per heavy atom. The van der Waals surface area contributed by atoms with Crippen LogP contribution in [0.2, 0.25) is 0 Å². The molecule has 0 aliphatic heterocycles. The Morgan fingerprint density at radius 1 is 1.03 bits per heavy atom. The number of pyridine rings is 1. The van der Waals surface area contributed by atoms with E-state index < -0.39 is 0 Å². The fourth-order valence-corrected chi connectivity index (χ4v) is 7.93. The number of esters is 1. The Bertz CT molecular complexity index is 1020. The van der Waals surface area contributed by atoms with Crippen LogP contribution in [-0.2, 0) is 25.7 Å². The number of ketones is 1. The molecule has 0 bridgehead atoms. The van der Waals surface area contributed by atoms with Crippen LogP contribution < -0.4 is 5.32 Å². The molecule has 0 spiro atoms. The highest BCUT2D eigenvalue weighted by Crippen LogP contribution is 2.65. The Labute approximate surface area is 208 Å². The molecule has 5 rings (SSSR count). The Balaban J connectivity index is 1.16. The molecule has 0 aromatic carbocycles. The van der Waals surface area contributed by atoms with E-state index in [9.17, 15) is 14.4 Å². The Kier molecular flexibility index (Phi) is 6.58. The molecule has 188 valence electrons. The van der Waals surface area contributed by atoms with E-state index in [0.29, 0.717) is 36.5 Å². The van der Waals surface area contributed by atoms with Crippen molar-refractivity contribution in [3.63, 3.8) is 0 Å². The van der Waals surface area contributed by atoms with Gasteiger partial charge in [-0.2, -0.15) is 0 Å².